The Morgan fingerprint density at radius 2 is 1.81 bits per heavy atom. The maximum absolute atomic E-state index is 15.8. The number of rotatable bonds is 13. The number of likely N-dealkylation sites (tertiary alicyclic amines) is 2. The molecule has 2 aliphatic heterocycles. The third-order valence-corrected chi connectivity index (χ3v) is 11.1. The average molecular weight is 686 g/mol. The van der Waals surface area contributed by atoms with Gasteiger partial charge in [-0.05, 0) is 74.6 Å². The van der Waals surface area contributed by atoms with Gasteiger partial charge in [0.05, 0.1) is 28.3 Å². The number of aliphatic carboxylic acids is 1. The molecule has 0 radical (unpaired) electrons. The second kappa shape index (κ2) is 14.7. The van der Waals surface area contributed by atoms with Crippen molar-refractivity contribution in [2.24, 2.45) is 11.8 Å². The van der Waals surface area contributed by atoms with Gasteiger partial charge < -0.3 is 19.9 Å². The number of anilines is 1. The summed E-state index contributed by atoms with van der Waals surface area (Å²) >= 11 is 8.06. The zero-order valence-electron chi connectivity index (χ0n) is 26.5. The van der Waals surface area contributed by atoms with Crippen molar-refractivity contribution in [2.75, 3.05) is 45.2 Å². The first kappa shape index (κ1) is 34.0. The van der Waals surface area contributed by atoms with Crippen LogP contribution in [0.3, 0.4) is 0 Å². The molecule has 1 aliphatic carbocycles. The Bertz CT molecular complexity index is 1620. The summed E-state index contributed by atoms with van der Waals surface area (Å²) in [7, 11) is 1.67. The Morgan fingerprint density at radius 1 is 1.09 bits per heavy atom. The lowest BCUT2D eigenvalue weighted by Crippen LogP contribution is -2.73. The van der Waals surface area contributed by atoms with Gasteiger partial charge in [0.2, 0.25) is 5.85 Å². The second-order valence-electron chi connectivity index (χ2n) is 12.9. The van der Waals surface area contributed by atoms with E-state index in [0.29, 0.717) is 70.0 Å². The summed E-state index contributed by atoms with van der Waals surface area (Å²) in [4.78, 5) is 43.5. The van der Waals surface area contributed by atoms with Crippen LogP contribution in [0.25, 0.3) is 10.1 Å². The second-order valence-corrected chi connectivity index (χ2v) is 14.2. The lowest BCUT2D eigenvalue weighted by atomic mass is 9.87. The maximum atomic E-state index is 15.8. The minimum Gasteiger partial charge on any atom is -0.481 e. The lowest BCUT2D eigenvalue weighted by Gasteiger charge is -2.55. The molecular weight excluding hydrogens is 645 g/mol. The van der Waals surface area contributed by atoms with E-state index in [2.05, 4.69) is 15.1 Å². The standard InChI is InChI=1S/C35H41ClFN3O6S/c1-45-15-12-22-19-40(20-22)35(39-13-4-5-14-39,46-25-10-8-23(9-11-25)34(43)44)32(41)17-24-16-28(36)30(18-29(24)37)38-33(42)27-21-47-31-7-3-2-6-26(27)31/h2-3,6-7,16,18,21-23,25H,4-5,8-15,17,19-20H2,1H3,(H,38,42)(H,43,44). The molecule has 1 atom stereocenters. The molecule has 252 valence electrons. The van der Waals surface area contributed by atoms with Gasteiger partial charge in [-0.1, -0.05) is 29.8 Å². The average Bonchev–Trinajstić information content (AvgIpc) is 3.73. The predicted molar refractivity (Wildman–Crippen MR) is 179 cm³/mol. The summed E-state index contributed by atoms with van der Waals surface area (Å²) in [5.41, 5.74) is 0.725. The van der Waals surface area contributed by atoms with Crippen molar-refractivity contribution in [1.82, 2.24) is 9.80 Å². The third-order valence-electron chi connectivity index (χ3n) is 9.83. The molecule has 1 aromatic heterocycles. The zero-order valence-corrected chi connectivity index (χ0v) is 28.1. The molecule has 0 spiro atoms. The van der Waals surface area contributed by atoms with Crippen molar-refractivity contribution in [3.63, 3.8) is 0 Å². The van der Waals surface area contributed by atoms with E-state index in [4.69, 9.17) is 21.1 Å². The number of nitrogens with zero attached hydrogens (tertiary/aromatic N) is 2. The molecule has 47 heavy (non-hydrogen) atoms. The number of carbonyl (C=O) groups excluding carboxylic acids is 2. The molecule has 1 saturated carbocycles. The topological polar surface area (TPSA) is 108 Å². The Balaban J connectivity index is 1.25. The van der Waals surface area contributed by atoms with Gasteiger partial charge in [-0.2, -0.15) is 0 Å². The third kappa shape index (κ3) is 7.11. The number of ether oxygens (including phenoxy) is 2. The van der Waals surface area contributed by atoms with Gasteiger partial charge in [-0.3, -0.25) is 24.2 Å². The molecule has 12 heteroatoms. The molecule has 2 N–H and O–H groups in total. The molecule has 3 heterocycles. The molecule has 6 rings (SSSR count). The van der Waals surface area contributed by atoms with Crippen LogP contribution < -0.4 is 5.32 Å². The van der Waals surface area contributed by atoms with E-state index < -0.39 is 29.5 Å². The van der Waals surface area contributed by atoms with Crippen molar-refractivity contribution in [3.8, 4) is 0 Å². The first-order valence-electron chi connectivity index (χ1n) is 16.4. The largest absolute Gasteiger partial charge is 0.481 e. The van der Waals surface area contributed by atoms with Gasteiger partial charge in [-0.25, -0.2) is 4.39 Å². The SMILES string of the molecule is COCCC1CN(C(OC2CCC(C(=O)O)CC2)(C(=O)Cc2cc(Cl)c(NC(=O)c3csc4ccccc34)cc2F)N2CCCC2)C1. The summed E-state index contributed by atoms with van der Waals surface area (Å²) in [5, 5.41) is 15.0. The smallest absolute Gasteiger partial charge is 0.306 e. The highest BCUT2D eigenvalue weighted by molar-refractivity contribution is 7.17. The van der Waals surface area contributed by atoms with Crippen molar-refractivity contribution < 1.29 is 33.4 Å². The van der Waals surface area contributed by atoms with E-state index in [1.54, 1.807) is 12.5 Å². The molecule has 3 aliphatic rings. The number of benzene rings is 2. The molecule has 2 saturated heterocycles. The quantitative estimate of drug-likeness (QED) is 0.212. The van der Waals surface area contributed by atoms with Crippen molar-refractivity contribution in [1.29, 1.82) is 0 Å². The van der Waals surface area contributed by atoms with Crippen LogP contribution in [-0.4, -0.2) is 84.4 Å². The van der Waals surface area contributed by atoms with Gasteiger partial charge >= 0.3 is 5.97 Å². The first-order valence-corrected chi connectivity index (χ1v) is 17.6. The number of hydrogen-bond acceptors (Lipinski definition) is 8. The van der Waals surface area contributed by atoms with Crippen LogP contribution in [0.1, 0.15) is 60.9 Å². The number of carboxylic acid groups (broad SMARTS) is 1. The van der Waals surface area contributed by atoms with Crippen LogP contribution in [0.15, 0.2) is 41.8 Å². The summed E-state index contributed by atoms with van der Waals surface area (Å²) in [6.45, 7) is 3.24. The number of amides is 1. The zero-order chi connectivity index (χ0) is 33.1. The van der Waals surface area contributed by atoms with Gasteiger partial charge in [-0.15, -0.1) is 11.3 Å². The Hall–Kier alpha value is -2.93. The Kier molecular flexibility index (Phi) is 10.6. The number of Topliss-reactive ketones (excluding diaryl/α,β-unsaturated/α-hetero) is 1. The highest BCUT2D eigenvalue weighted by Crippen LogP contribution is 2.40. The lowest BCUT2D eigenvalue weighted by molar-refractivity contribution is -0.276. The van der Waals surface area contributed by atoms with Crippen molar-refractivity contribution in [2.45, 2.75) is 63.3 Å². The summed E-state index contributed by atoms with van der Waals surface area (Å²) in [6, 6.07) is 10.1. The van der Waals surface area contributed by atoms with E-state index in [9.17, 15) is 19.5 Å². The fourth-order valence-corrected chi connectivity index (χ4v) is 8.36. The van der Waals surface area contributed by atoms with Crippen LogP contribution >= 0.6 is 22.9 Å². The molecule has 3 aromatic rings. The van der Waals surface area contributed by atoms with Gasteiger partial charge in [0.25, 0.3) is 5.91 Å². The number of carbonyl (C=O) groups is 3. The van der Waals surface area contributed by atoms with Crippen LogP contribution in [-0.2, 0) is 25.5 Å². The monoisotopic (exact) mass is 685 g/mol. The molecule has 1 amide bonds. The predicted octanol–water partition coefficient (Wildman–Crippen LogP) is 6.44. The molecule has 9 nitrogen and oxygen atoms in total. The van der Waals surface area contributed by atoms with Crippen LogP contribution in [0.2, 0.25) is 5.02 Å². The number of methoxy groups -OCH3 is 1. The molecule has 0 bridgehead atoms. The molecule has 3 fully saturated rings. The highest BCUT2D eigenvalue weighted by Gasteiger charge is 2.55. The van der Waals surface area contributed by atoms with Gasteiger partial charge in [0.15, 0.2) is 5.78 Å². The minimum absolute atomic E-state index is 0.122. The van der Waals surface area contributed by atoms with E-state index in [1.807, 2.05) is 24.3 Å². The number of ketones is 1. The number of hydrogen-bond donors (Lipinski definition) is 2. The minimum atomic E-state index is -1.40. The Labute approximate surface area is 283 Å². The first-order chi connectivity index (χ1) is 22.7. The molecule has 2 aromatic carbocycles. The number of carboxylic acids is 1. The van der Waals surface area contributed by atoms with Gasteiger partial charge in [0.1, 0.15) is 5.82 Å². The van der Waals surface area contributed by atoms with Crippen molar-refractivity contribution in [3.05, 3.63) is 63.7 Å². The van der Waals surface area contributed by atoms with Gasteiger partial charge in [0, 0.05) is 61.8 Å². The Morgan fingerprint density at radius 3 is 2.51 bits per heavy atom. The summed E-state index contributed by atoms with van der Waals surface area (Å²) in [5.74, 6) is -3.59. The van der Waals surface area contributed by atoms with E-state index in [-0.39, 0.29) is 34.6 Å². The van der Waals surface area contributed by atoms with E-state index in [0.717, 1.165) is 29.3 Å². The highest BCUT2D eigenvalue weighted by atomic mass is 35.5. The van der Waals surface area contributed by atoms with E-state index in [1.165, 1.54) is 23.5 Å². The normalized spacial score (nSPS) is 22.2. The number of nitrogens with one attached hydrogen (secondary N) is 1. The number of thiophene rings is 1. The molecular formula is C35H41ClFN3O6S. The van der Waals surface area contributed by atoms with Crippen LogP contribution in [0.4, 0.5) is 10.1 Å². The van der Waals surface area contributed by atoms with Crippen LogP contribution in [0, 0.1) is 17.7 Å². The summed E-state index contributed by atoms with van der Waals surface area (Å²) in [6.07, 6.45) is 4.18. The van der Waals surface area contributed by atoms with Crippen molar-refractivity contribution >= 4 is 56.4 Å². The fourth-order valence-electron chi connectivity index (χ4n) is 7.18. The van der Waals surface area contributed by atoms with Crippen LogP contribution in [0.5, 0.6) is 0 Å². The number of fused-ring (bicyclic) bond motifs is 1. The number of halogens is 2. The molecule has 1 unspecified atom stereocenters. The fraction of sp³-hybridized carbons (Fsp3) is 0.514. The van der Waals surface area contributed by atoms with E-state index >= 15 is 4.39 Å². The summed E-state index contributed by atoms with van der Waals surface area (Å²) < 4.78 is 28.9. The maximum Gasteiger partial charge on any atom is 0.306 e.